The van der Waals surface area contributed by atoms with Gasteiger partial charge in [-0.25, -0.2) is 0 Å². The molecule has 21 heavy (non-hydrogen) atoms. The molecule has 0 amide bonds. The van der Waals surface area contributed by atoms with Crippen molar-refractivity contribution in [1.82, 2.24) is 0 Å². The molecule has 0 N–H and O–H groups in total. The van der Waals surface area contributed by atoms with Gasteiger partial charge in [-0.2, -0.15) is 0 Å². The van der Waals surface area contributed by atoms with E-state index in [0.29, 0.717) is 13.0 Å². The van der Waals surface area contributed by atoms with Crippen molar-refractivity contribution in [2.24, 2.45) is 0 Å². The van der Waals surface area contributed by atoms with Gasteiger partial charge in [0.15, 0.2) is 0 Å². The summed E-state index contributed by atoms with van der Waals surface area (Å²) in [6.45, 7) is 6.07. The number of carbonyl (C=O) groups is 1. The van der Waals surface area contributed by atoms with E-state index in [1.165, 1.54) is 0 Å². The van der Waals surface area contributed by atoms with Crippen LogP contribution in [-0.2, 0) is 14.9 Å². The highest BCUT2D eigenvalue weighted by atomic mass is 16.5. The Morgan fingerprint density at radius 2 is 1.62 bits per heavy atom. The Balaban J connectivity index is 2.32. The van der Waals surface area contributed by atoms with E-state index in [1.54, 1.807) is 6.08 Å². The van der Waals surface area contributed by atoms with Gasteiger partial charge in [0.1, 0.15) is 5.41 Å². The van der Waals surface area contributed by atoms with E-state index < -0.39 is 5.41 Å². The summed E-state index contributed by atoms with van der Waals surface area (Å²) in [6, 6.07) is 16.1. The van der Waals surface area contributed by atoms with Gasteiger partial charge in [0, 0.05) is 0 Å². The molecule has 0 unspecified atom stereocenters. The molecule has 0 spiro atoms. The number of carbonyl (C=O) groups excluding carboxylic acids is 1. The summed E-state index contributed by atoms with van der Waals surface area (Å²) in [7, 11) is 0. The van der Waals surface area contributed by atoms with Crippen LogP contribution in [0.4, 0.5) is 0 Å². The van der Waals surface area contributed by atoms with Crippen molar-refractivity contribution >= 4 is 5.97 Å². The fourth-order valence-corrected chi connectivity index (χ4v) is 3.32. The van der Waals surface area contributed by atoms with Crippen molar-refractivity contribution in [3.05, 3.63) is 72.3 Å². The van der Waals surface area contributed by atoms with E-state index in [9.17, 15) is 4.79 Å². The highest BCUT2D eigenvalue weighted by molar-refractivity contribution is 5.98. The van der Waals surface area contributed by atoms with Gasteiger partial charge in [-0.05, 0) is 35.6 Å². The lowest BCUT2D eigenvalue weighted by Gasteiger charge is -2.28. The van der Waals surface area contributed by atoms with Crippen LogP contribution in [0, 0.1) is 0 Å². The molecule has 0 heterocycles. The predicted octanol–water partition coefficient (Wildman–Crippen LogP) is 4.09. The van der Waals surface area contributed by atoms with E-state index in [2.05, 4.69) is 18.7 Å². The van der Waals surface area contributed by atoms with Crippen LogP contribution in [0.15, 0.2) is 61.2 Å². The van der Waals surface area contributed by atoms with Crippen LogP contribution in [0.1, 0.15) is 24.5 Å². The lowest BCUT2D eigenvalue weighted by atomic mass is 9.75. The van der Waals surface area contributed by atoms with Crippen molar-refractivity contribution in [3.63, 3.8) is 0 Å². The molecule has 2 heteroatoms. The van der Waals surface area contributed by atoms with Gasteiger partial charge in [0.05, 0.1) is 6.61 Å². The number of hydrogen-bond donors (Lipinski definition) is 0. The Hall–Kier alpha value is -2.35. The number of benzene rings is 2. The van der Waals surface area contributed by atoms with Crippen LogP contribution in [-0.4, -0.2) is 12.6 Å². The average molecular weight is 278 g/mol. The summed E-state index contributed by atoms with van der Waals surface area (Å²) < 4.78 is 5.41. The Morgan fingerprint density at radius 1 is 1.10 bits per heavy atom. The summed E-state index contributed by atoms with van der Waals surface area (Å²) in [6.07, 6.45) is 2.34. The molecule has 0 aromatic heterocycles. The molecule has 0 aliphatic heterocycles. The van der Waals surface area contributed by atoms with Gasteiger partial charge in [0.2, 0.25) is 0 Å². The molecule has 2 aromatic rings. The lowest BCUT2D eigenvalue weighted by Crippen LogP contribution is -2.36. The smallest absolute Gasteiger partial charge is 0.321 e. The maximum atomic E-state index is 12.8. The summed E-state index contributed by atoms with van der Waals surface area (Å²) in [4.78, 5) is 12.8. The molecule has 0 saturated heterocycles. The van der Waals surface area contributed by atoms with Gasteiger partial charge in [-0.1, -0.05) is 54.6 Å². The fraction of sp³-hybridized carbons (Fsp3) is 0.211. The van der Waals surface area contributed by atoms with Gasteiger partial charge in [-0.15, -0.1) is 6.58 Å². The standard InChI is InChI=1S/C19H18O2/c1-3-13-19(18(20)21-4-2)16-11-7-5-9-14(16)15-10-6-8-12-17(15)19/h3,5-12H,1,4,13H2,2H3. The molecule has 2 nitrogen and oxygen atoms in total. The van der Waals surface area contributed by atoms with Gasteiger partial charge < -0.3 is 4.74 Å². The number of hydrogen-bond acceptors (Lipinski definition) is 2. The van der Waals surface area contributed by atoms with E-state index >= 15 is 0 Å². The van der Waals surface area contributed by atoms with Gasteiger partial charge in [0.25, 0.3) is 0 Å². The second-order valence-corrected chi connectivity index (χ2v) is 5.21. The Kier molecular flexibility index (Phi) is 3.38. The first-order chi connectivity index (χ1) is 10.3. The van der Waals surface area contributed by atoms with E-state index in [1.807, 2.05) is 43.3 Å². The molecule has 0 bridgehead atoms. The van der Waals surface area contributed by atoms with Gasteiger partial charge in [-0.3, -0.25) is 4.79 Å². The van der Waals surface area contributed by atoms with Crippen molar-refractivity contribution in [1.29, 1.82) is 0 Å². The highest BCUT2D eigenvalue weighted by Crippen LogP contribution is 2.51. The Bertz CT molecular complexity index is 655. The second kappa shape index (κ2) is 5.21. The largest absolute Gasteiger partial charge is 0.465 e. The number of esters is 1. The molecule has 0 saturated carbocycles. The van der Waals surface area contributed by atoms with Crippen LogP contribution in [0.5, 0.6) is 0 Å². The lowest BCUT2D eigenvalue weighted by molar-refractivity contribution is -0.148. The first-order valence-corrected chi connectivity index (χ1v) is 7.23. The SMILES string of the molecule is C=CCC1(C(=O)OCC)c2ccccc2-c2ccccc21. The van der Waals surface area contributed by atoms with Gasteiger partial charge >= 0.3 is 5.97 Å². The van der Waals surface area contributed by atoms with E-state index in [4.69, 9.17) is 4.74 Å². The number of ether oxygens (including phenoxy) is 1. The zero-order valence-electron chi connectivity index (χ0n) is 12.1. The highest BCUT2D eigenvalue weighted by Gasteiger charge is 2.49. The van der Waals surface area contributed by atoms with Crippen molar-refractivity contribution in [2.45, 2.75) is 18.8 Å². The molecule has 0 atom stereocenters. The maximum Gasteiger partial charge on any atom is 0.321 e. The molecule has 2 aromatic carbocycles. The van der Waals surface area contributed by atoms with Crippen LogP contribution >= 0.6 is 0 Å². The van der Waals surface area contributed by atoms with E-state index in [0.717, 1.165) is 22.3 Å². The molecule has 0 fully saturated rings. The Labute approximate surface area is 125 Å². The molecular formula is C19H18O2. The normalized spacial score (nSPS) is 14.1. The quantitative estimate of drug-likeness (QED) is 0.622. The minimum Gasteiger partial charge on any atom is -0.465 e. The predicted molar refractivity (Wildman–Crippen MR) is 84.1 cm³/mol. The van der Waals surface area contributed by atoms with Crippen LogP contribution in [0.25, 0.3) is 11.1 Å². The second-order valence-electron chi connectivity index (χ2n) is 5.21. The first kappa shape index (κ1) is 13.6. The number of allylic oxidation sites excluding steroid dienone is 1. The van der Waals surface area contributed by atoms with Crippen LogP contribution < -0.4 is 0 Å². The number of fused-ring (bicyclic) bond motifs is 3. The third-order valence-electron chi connectivity index (χ3n) is 4.14. The molecule has 0 radical (unpaired) electrons. The maximum absolute atomic E-state index is 12.8. The molecule has 1 aliphatic rings. The first-order valence-electron chi connectivity index (χ1n) is 7.23. The summed E-state index contributed by atoms with van der Waals surface area (Å²) in [5.74, 6) is -0.192. The minimum atomic E-state index is -0.759. The zero-order valence-corrected chi connectivity index (χ0v) is 12.1. The minimum absolute atomic E-state index is 0.192. The monoisotopic (exact) mass is 278 g/mol. The fourth-order valence-electron chi connectivity index (χ4n) is 3.32. The topological polar surface area (TPSA) is 26.3 Å². The molecular weight excluding hydrogens is 260 g/mol. The third kappa shape index (κ3) is 1.83. The summed E-state index contributed by atoms with van der Waals surface area (Å²) in [5.41, 5.74) is 3.51. The molecule has 106 valence electrons. The van der Waals surface area contributed by atoms with Crippen LogP contribution in [0.3, 0.4) is 0 Å². The zero-order chi connectivity index (χ0) is 14.9. The van der Waals surface area contributed by atoms with Crippen molar-refractivity contribution in [2.75, 3.05) is 6.61 Å². The summed E-state index contributed by atoms with van der Waals surface area (Å²) in [5, 5.41) is 0. The van der Waals surface area contributed by atoms with Crippen LogP contribution in [0.2, 0.25) is 0 Å². The number of rotatable bonds is 4. The summed E-state index contributed by atoms with van der Waals surface area (Å²) >= 11 is 0. The van der Waals surface area contributed by atoms with E-state index in [-0.39, 0.29) is 5.97 Å². The van der Waals surface area contributed by atoms with Crippen molar-refractivity contribution in [3.8, 4) is 11.1 Å². The average Bonchev–Trinajstić information content (AvgIpc) is 2.80. The molecule has 1 aliphatic carbocycles. The third-order valence-corrected chi connectivity index (χ3v) is 4.14. The molecule has 3 rings (SSSR count). The van der Waals surface area contributed by atoms with Crippen molar-refractivity contribution < 1.29 is 9.53 Å². The Morgan fingerprint density at radius 3 is 2.10 bits per heavy atom.